The van der Waals surface area contributed by atoms with Crippen molar-refractivity contribution in [3.63, 3.8) is 0 Å². The molecule has 0 aliphatic carbocycles. The molecule has 160 valence electrons. The fourth-order valence-electron chi connectivity index (χ4n) is 3.91. The predicted octanol–water partition coefficient (Wildman–Crippen LogP) is 1.97. The molecule has 0 spiro atoms. The van der Waals surface area contributed by atoms with Crippen LogP contribution < -0.4 is 0 Å². The van der Waals surface area contributed by atoms with Gasteiger partial charge in [0.1, 0.15) is 0 Å². The van der Waals surface area contributed by atoms with Gasteiger partial charge in [-0.25, -0.2) is 8.42 Å². The van der Waals surface area contributed by atoms with Gasteiger partial charge in [0.15, 0.2) is 5.76 Å². The molecule has 0 bridgehead atoms. The smallest absolute Gasteiger partial charge is 0.289 e. The fourth-order valence-corrected chi connectivity index (χ4v) is 5.45. The van der Waals surface area contributed by atoms with E-state index in [0.29, 0.717) is 44.8 Å². The lowest BCUT2D eigenvalue weighted by Gasteiger charge is -2.34. The Morgan fingerprint density at radius 1 is 0.900 bits per heavy atom. The number of piperazine rings is 1. The summed E-state index contributed by atoms with van der Waals surface area (Å²) in [5.41, 5.74) is 1.12. The third-order valence-electron chi connectivity index (χ3n) is 5.73. The highest BCUT2D eigenvalue weighted by atomic mass is 32.2. The number of aryl methyl sites for hydroxylation is 1. The minimum Gasteiger partial charge on any atom is -0.459 e. The summed E-state index contributed by atoms with van der Waals surface area (Å²) in [6.07, 6.45) is 3.18. The van der Waals surface area contributed by atoms with Crippen LogP contribution in [0.25, 0.3) is 0 Å². The van der Waals surface area contributed by atoms with Gasteiger partial charge in [-0.15, -0.1) is 0 Å². The average Bonchev–Trinajstić information content (AvgIpc) is 3.47. The Kier molecular flexibility index (Phi) is 5.66. The summed E-state index contributed by atoms with van der Waals surface area (Å²) in [4.78, 5) is 29.0. The van der Waals surface area contributed by atoms with Crippen molar-refractivity contribution in [1.82, 2.24) is 14.1 Å². The van der Waals surface area contributed by atoms with Crippen molar-refractivity contribution in [3.05, 3.63) is 53.5 Å². The van der Waals surface area contributed by atoms with Crippen molar-refractivity contribution in [3.8, 4) is 0 Å². The van der Waals surface area contributed by atoms with Gasteiger partial charge in [-0.1, -0.05) is 6.07 Å². The molecule has 2 aromatic rings. The first-order chi connectivity index (χ1) is 14.4. The summed E-state index contributed by atoms with van der Waals surface area (Å²) >= 11 is 0. The van der Waals surface area contributed by atoms with E-state index in [0.717, 1.165) is 18.4 Å². The quantitative estimate of drug-likeness (QED) is 0.738. The molecule has 3 heterocycles. The van der Waals surface area contributed by atoms with Crippen molar-refractivity contribution in [1.29, 1.82) is 0 Å². The van der Waals surface area contributed by atoms with E-state index >= 15 is 0 Å². The van der Waals surface area contributed by atoms with E-state index in [2.05, 4.69) is 0 Å². The summed E-state index contributed by atoms with van der Waals surface area (Å²) < 4.78 is 32.4. The summed E-state index contributed by atoms with van der Waals surface area (Å²) in [5.74, 6) is -0.122. The second-order valence-corrected chi connectivity index (χ2v) is 9.59. The maximum atomic E-state index is 13.1. The van der Waals surface area contributed by atoms with Gasteiger partial charge in [0.2, 0.25) is 10.0 Å². The zero-order valence-corrected chi connectivity index (χ0v) is 17.7. The van der Waals surface area contributed by atoms with Crippen molar-refractivity contribution < 1.29 is 22.4 Å². The van der Waals surface area contributed by atoms with Gasteiger partial charge in [-0.2, -0.15) is 4.31 Å². The number of benzene rings is 1. The van der Waals surface area contributed by atoms with E-state index in [-0.39, 0.29) is 22.5 Å². The van der Waals surface area contributed by atoms with Crippen LogP contribution in [0.1, 0.15) is 39.3 Å². The molecule has 1 aromatic carbocycles. The van der Waals surface area contributed by atoms with Crippen LogP contribution in [0.2, 0.25) is 0 Å². The SMILES string of the molecule is Cc1ccc(S(=O)(=O)N2CCCC2)cc1C(=O)N1CCN(C(=O)c2ccco2)CC1. The highest BCUT2D eigenvalue weighted by Gasteiger charge is 2.30. The van der Waals surface area contributed by atoms with Gasteiger partial charge in [-0.3, -0.25) is 9.59 Å². The molecular formula is C21H25N3O5S. The topological polar surface area (TPSA) is 91.1 Å². The number of rotatable bonds is 4. The molecule has 30 heavy (non-hydrogen) atoms. The number of sulfonamides is 1. The zero-order valence-electron chi connectivity index (χ0n) is 16.9. The molecule has 0 atom stereocenters. The second kappa shape index (κ2) is 8.23. The average molecular weight is 432 g/mol. The van der Waals surface area contributed by atoms with Crippen LogP contribution in [-0.4, -0.2) is 73.6 Å². The third kappa shape index (κ3) is 3.87. The minimum atomic E-state index is -3.59. The third-order valence-corrected chi connectivity index (χ3v) is 7.62. The molecule has 0 unspecified atom stereocenters. The maximum absolute atomic E-state index is 13.1. The lowest BCUT2D eigenvalue weighted by Crippen LogP contribution is -2.50. The van der Waals surface area contributed by atoms with Crippen molar-refractivity contribution in [2.24, 2.45) is 0 Å². The van der Waals surface area contributed by atoms with Crippen LogP contribution in [0.3, 0.4) is 0 Å². The highest BCUT2D eigenvalue weighted by molar-refractivity contribution is 7.89. The Balaban J connectivity index is 1.48. The largest absolute Gasteiger partial charge is 0.459 e. The summed E-state index contributed by atoms with van der Waals surface area (Å²) in [7, 11) is -3.59. The Labute approximate surface area is 176 Å². The van der Waals surface area contributed by atoms with E-state index in [1.54, 1.807) is 41.0 Å². The standard InChI is InChI=1S/C21H25N3O5S/c1-16-6-7-17(30(27,28)24-8-2-3-9-24)15-18(16)20(25)22-10-12-23(13-11-22)21(26)19-5-4-14-29-19/h4-7,14-15H,2-3,8-13H2,1H3. The molecule has 0 radical (unpaired) electrons. The van der Waals surface area contributed by atoms with Gasteiger partial charge in [0.25, 0.3) is 11.8 Å². The molecule has 2 saturated heterocycles. The van der Waals surface area contributed by atoms with Crippen molar-refractivity contribution >= 4 is 21.8 Å². The lowest BCUT2D eigenvalue weighted by molar-refractivity contribution is 0.0517. The number of nitrogens with zero attached hydrogens (tertiary/aromatic N) is 3. The second-order valence-electron chi connectivity index (χ2n) is 7.65. The first kappa shape index (κ1) is 20.6. The zero-order chi connectivity index (χ0) is 21.3. The van der Waals surface area contributed by atoms with Crippen molar-refractivity contribution in [2.45, 2.75) is 24.7 Å². The molecule has 8 nitrogen and oxygen atoms in total. The molecule has 0 saturated carbocycles. The first-order valence-electron chi connectivity index (χ1n) is 10.1. The maximum Gasteiger partial charge on any atom is 0.289 e. The van der Waals surface area contributed by atoms with Crippen molar-refractivity contribution in [2.75, 3.05) is 39.3 Å². The number of furan rings is 1. The number of amides is 2. The van der Waals surface area contributed by atoms with E-state index in [9.17, 15) is 18.0 Å². The van der Waals surface area contributed by atoms with Gasteiger partial charge in [0, 0.05) is 44.8 Å². The fraction of sp³-hybridized carbons (Fsp3) is 0.429. The Morgan fingerprint density at radius 2 is 1.53 bits per heavy atom. The predicted molar refractivity (Wildman–Crippen MR) is 110 cm³/mol. The van der Waals surface area contributed by atoms with Crippen LogP contribution in [-0.2, 0) is 10.0 Å². The van der Waals surface area contributed by atoms with Gasteiger partial charge in [-0.05, 0) is 49.6 Å². The Morgan fingerprint density at radius 3 is 2.13 bits per heavy atom. The number of hydrogen-bond donors (Lipinski definition) is 0. The lowest BCUT2D eigenvalue weighted by atomic mass is 10.1. The Hall–Kier alpha value is -2.65. The van der Waals surface area contributed by atoms with E-state index in [4.69, 9.17) is 4.42 Å². The van der Waals surface area contributed by atoms with E-state index in [1.165, 1.54) is 16.6 Å². The summed E-state index contributed by atoms with van der Waals surface area (Å²) in [5, 5.41) is 0. The van der Waals surface area contributed by atoms with Gasteiger partial charge in [0.05, 0.1) is 11.2 Å². The molecule has 2 amide bonds. The van der Waals surface area contributed by atoms with Crippen LogP contribution in [0.5, 0.6) is 0 Å². The van der Waals surface area contributed by atoms with Gasteiger partial charge >= 0.3 is 0 Å². The highest BCUT2D eigenvalue weighted by Crippen LogP contribution is 2.24. The van der Waals surface area contributed by atoms with E-state index in [1.807, 2.05) is 0 Å². The van der Waals surface area contributed by atoms with Crippen LogP contribution in [0.4, 0.5) is 0 Å². The number of carbonyl (C=O) groups is 2. The molecule has 2 aliphatic rings. The normalized spacial score (nSPS) is 18.0. The Bertz CT molecular complexity index is 1030. The first-order valence-corrected chi connectivity index (χ1v) is 11.5. The molecule has 4 rings (SSSR count). The minimum absolute atomic E-state index is 0.157. The molecule has 9 heteroatoms. The monoisotopic (exact) mass is 431 g/mol. The van der Waals surface area contributed by atoms with Crippen LogP contribution in [0.15, 0.2) is 45.9 Å². The molecule has 0 N–H and O–H groups in total. The summed E-state index contributed by atoms with van der Waals surface area (Å²) in [6, 6.07) is 8.03. The number of carbonyl (C=O) groups excluding carboxylic acids is 2. The summed E-state index contributed by atoms with van der Waals surface area (Å²) in [6.45, 7) is 4.40. The molecule has 1 aromatic heterocycles. The molecule has 2 aliphatic heterocycles. The van der Waals surface area contributed by atoms with Crippen LogP contribution in [0, 0.1) is 6.92 Å². The van der Waals surface area contributed by atoms with Gasteiger partial charge < -0.3 is 14.2 Å². The number of hydrogen-bond acceptors (Lipinski definition) is 5. The van der Waals surface area contributed by atoms with E-state index < -0.39 is 10.0 Å². The molecular weight excluding hydrogens is 406 g/mol. The van der Waals surface area contributed by atoms with Crippen LogP contribution >= 0.6 is 0 Å². The molecule has 2 fully saturated rings.